The number of furan rings is 1. The highest BCUT2D eigenvalue weighted by molar-refractivity contribution is 7.71. The molecule has 5 nitrogen and oxygen atoms in total. The van der Waals surface area contributed by atoms with Gasteiger partial charge in [-0.2, -0.15) is 0 Å². The summed E-state index contributed by atoms with van der Waals surface area (Å²) < 4.78 is 36.7. The van der Waals surface area contributed by atoms with Gasteiger partial charge >= 0.3 is 0 Å². The van der Waals surface area contributed by atoms with E-state index in [-0.39, 0.29) is 6.54 Å². The van der Waals surface area contributed by atoms with Crippen molar-refractivity contribution in [2.45, 2.75) is 20.1 Å². The first-order chi connectivity index (χ1) is 14.4. The first-order valence-electron chi connectivity index (χ1n) is 9.36. The van der Waals surface area contributed by atoms with Crippen LogP contribution in [-0.4, -0.2) is 26.3 Å². The van der Waals surface area contributed by atoms with E-state index in [1.807, 2.05) is 59.8 Å². The number of halogens is 2. The van der Waals surface area contributed by atoms with E-state index < -0.39 is 11.6 Å². The minimum atomic E-state index is -0.595. The number of aromatic nitrogens is 3. The average Bonchev–Trinajstić information content (AvgIpc) is 3.28. The van der Waals surface area contributed by atoms with Crippen molar-refractivity contribution in [3.05, 3.63) is 88.6 Å². The Morgan fingerprint density at radius 1 is 1.10 bits per heavy atom. The van der Waals surface area contributed by atoms with E-state index in [9.17, 15) is 8.78 Å². The van der Waals surface area contributed by atoms with Gasteiger partial charge in [0, 0.05) is 23.9 Å². The van der Waals surface area contributed by atoms with Crippen LogP contribution in [0.1, 0.15) is 11.3 Å². The van der Waals surface area contributed by atoms with Gasteiger partial charge in [0.05, 0.1) is 18.5 Å². The molecular weight excluding hydrogens is 406 g/mol. The molecule has 8 heteroatoms. The van der Waals surface area contributed by atoms with Crippen LogP contribution in [0.3, 0.4) is 0 Å². The third-order valence-corrected chi connectivity index (χ3v) is 5.18. The normalized spacial score (nSPS) is 11.4. The van der Waals surface area contributed by atoms with E-state index in [4.69, 9.17) is 21.7 Å². The van der Waals surface area contributed by atoms with Crippen LogP contribution in [0, 0.1) is 23.3 Å². The SMILES string of the molecule is Cc1occc1-c1nn(CN(C)Cc2ccc(F)cc2F)c(=S)n1-c1ccccc1. The van der Waals surface area contributed by atoms with Crippen molar-refractivity contribution in [2.24, 2.45) is 0 Å². The Kier molecular flexibility index (Phi) is 5.61. The maximum absolute atomic E-state index is 14.0. The molecule has 0 amide bonds. The largest absolute Gasteiger partial charge is 0.469 e. The fraction of sp³-hybridized carbons (Fsp3) is 0.182. The van der Waals surface area contributed by atoms with Crippen LogP contribution < -0.4 is 0 Å². The van der Waals surface area contributed by atoms with Gasteiger partial charge in [-0.1, -0.05) is 24.3 Å². The zero-order valence-electron chi connectivity index (χ0n) is 16.5. The van der Waals surface area contributed by atoms with E-state index in [1.54, 1.807) is 10.9 Å². The number of benzene rings is 2. The summed E-state index contributed by atoms with van der Waals surface area (Å²) in [5.41, 5.74) is 2.13. The standard InChI is InChI=1S/C22H20F2N4OS/c1-15-19(10-11-29-15)21-25-27(22(30)28(21)18-6-4-3-5-7-18)14-26(2)13-16-8-9-17(23)12-20(16)24/h3-12H,13-14H2,1-2H3. The summed E-state index contributed by atoms with van der Waals surface area (Å²) in [6.45, 7) is 2.49. The number of para-hydroxylation sites is 1. The summed E-state index contributed by atoms with van der Waals surface area (Å²) in [6.07, 6.45) is 1.62. The molecule has 0 spiro atoms. The van der Waals surface area contributed by atoms with E-state index in [0.717, 1.165) is 23.1 Å². The monoisotopic (exact) mass is 426 g/mol. The Balaban J connectivity index is 1.70. The van der Waals surface area contributed by atoms with Crippen molar-refractivity contribution in [3.63, 3.8) is 0 Å². The molecule has 0 aliphatic rings. The van der Waals surface area contributed by atoms with E-state index in [1.165, 1.54) is 12.1 Å². The zero-order valence-corrected chi connectivity index (χ0v) is 17.4. The van der Waals surface area contributed by atoms with E-state index >= 15 is 0 Å². The number of aryl methyl sites for hydroxylation is 1. The molecule has 0 unspecified atom stereocenters. The molecule has 2 aromatic carbocycles. The van der Waals surface area contributed by atoms with E-state index in [0.29, 0.717) is 22.8 Å². The minimum Gasteiger partial charge on any atom is -0.469 e. The number of nitrogens with zero attached hydrogens (tertiary/aromatic N) is 4. The van der Waals surface area contributed by atoms with Crippen LogP contribution in [0.15, 0.2) is 65.3 Å². The first kappa shape index (κ1) is 20.2. The van der Waals surface area contributed by atoms with Gasteiger partial charge in [-0.25, -0.2) is 13.5 Å². The lowest BCUT2D eigenvalue weighted by atomic mass is 10.2. The van der Waals surface area contributed by atoms with Crippen molar-refractivity contribution < 1.29 is 13.2 Å². The van der Waals surface area contributed by atoms with Crippen LogP contribution in [-0.2, 0) is 13.2 Å². The third-order valence-electron chi connectivity index (χ3n) is 4.78. The van der Waals surface area contributed by atoms with Crippen molar-refractivity contribution in [1.82, 2.24) is 19.2 Å². The van der Waals surface area contributed by atoms with E-state index in [2.05, 4.69) is 0 Å². The number of hydrogen-bond acceptors (Lipinski definition) is 4. The van der Waals surface area contributed by atoms with Crippen molar-refractivity contribution in [3.8, 4) is 17.1 Å². The first-order valence-corrected chi connectivity index (χ1v) is 9.77. The Morgan fingerprint density at radius 3 is 2.53 bits per heavy atom. The average molecular weight is 426 g/mol. The fourth-order valence-corrected chi connectivity index (χ4v) is 3.61. The van der Waals surface area contributed by atoms with Crippen LogP contribution in [0.4, 0.5) is 8.78 Å². The lowest BCUT2D eigenvalue weighted by Crippen LogP contribution is -2.23. The minimum absolute atomic E-state index is 0.284. The molecule has 30 heavy (non-hydrogen) atoms. The van der Waals surface area contributed by atoms with Gasteiger partial charge in [-0.15, -0.1) is 5.10 Å². The van der Waals surface area contributed by atoms with Crippen LogP contribution >= 0.6 is 12.2 Å². The topological polar surface area (TPSA) is 39.1 Å². The lowest BCUT2D eigenvalue weighted by molar-refractivity contribution is 0.241. The number of hydrogen-bond donors (Lipinski definition) is 0. The quantitative estimate of drug-likeness (QED) is 0.390. The van der Waals surface area contributed by atoms with Gasteiger partial charge in [0.1, 0.15) is 17.4 Å². The summed E-state index contributed by atoms with van der Waals surface area (Å²) >= 11 is 5.72. The summed E-state index contributed by atoms with van der Waals surface area (Å²) in [5, 5.41) is 4.73. The summed E-state index contributed by atoms with van der Waals surface area (Å²) in [6, 6.07) is 15.2. The van der Waals surface area contributed by atoms with Gasteiger partial charge in [0.15, 0.2) is 5.82 Å². The molecule has 2 aromatic heterocycles. The molecule has 0 N–H and O–H groups in total. The molecule has 0 saturated heterocycles. The summed E-state index contributed by atoms with van der Waals surface area (Å²) in [5.74, 6) is 0.234. The second-order valence-corrected chi connectivity index (χ2v) is 7.42. The Bertz CT molecular complexity index is 1230. The highest BCUT2D eigenvalue weighted by Crippen LogP contribution is 2.26. The number of rotatable bonds is 6. The molecule has 0 bridgehead atoms. The summed E-state index contributed by atoms with van der Waals surface area (Å²) in [4.78, 5) is 1.86. The van der Waals surface area contributed by atoms with Gasteiger partial charge in [-0.05, 0) is 50.5 Å². The van der Waals surface area contributed by atoms with Crippen LogP contribution in [0.5, 0.6) is 0 Å². The molecule has 2 heterocycles. The molecule has 0 aliphatic carbocycles. The molecule has 0 saturated carbocycles. The zero-order chi connectivity index (χ0) is 21.3. The predicted octanol–water partition coefficient (Wildman–Crippen LogP) is 5.34. The Hall–Kier alpha value is -3.10. The predicted molar refractivity (Wildman–Crippen MR) is 113 cm³/mol. The van der Waals surface area contributed by atoms with Crippen LogP contribution in [0.2, 0.25) is 0 Å². The Labute approximate surface area is 177 Å². The van der Waals surface area contributed by atoms with Crippen molar-refractivity contribution in [1.29, 1.82) is 0 Å². The molecule has 0 radical (unpaired) electrons. The molecule has 154 valence electrons. The maximum Gasteiger partial charge on any atom is 0.204 e. The maximum atomic E-state index is 14.0. The van der Waals surface area contributed by atoms with Crippen LogP contribution in [0.25, 0.3) is 17.1 Å². The van der Waals surface area contributed by atoms with Gasteiger partial charge in [0.2, 0.25) is 4.77 Å². The second-order valence-electron chi connectivity index (χ2n) is 7.06. The third kappa shape index (κ3) is 3.96. The molecule has 4 rings (SSSR count). The molecule has 0 atom stereocenters. The highest BCUT2D eigenvalue weighted by atomic mass is 32.1. The fourth-order valence-electron chi connectivity index (χ4n) is 3.32. The van der Waals surface area contributed by atoms with Gasteiger partial charge < -0.3 is 4.42 Å². The molecular formula is C22H20F2N4OS. The summed E-state index contributed by atoms with van der Waals surface area (Å²) in [7, 11) is 1.83. The second kappa shape index (κ2) is 8.33. The van der Waals surface area contributed by atoms with Crippen molar-refractivity contribution >= 4 is 12.2 Å². The molecule has 0 aliphatic heterocycles. The lowest BCUT2D eigenvalue weighted by Gasteiger charge is -2.17. The molecule has 4 aromatic rings. The van der Waals surface area contributed by atoms with Crippen molar-refractivity contribution in [2.75, 3.05) is 7.05 Å². The van der Waals surface area contributed by atoms with Gasteiger partial charge in [0.25, 0.3) is 0 Å². The Morgan fingerprint density at radius 2 is 1.87 bits per heavy atom. The smallest absolute Gasteiger partial charge is 0.204 e. The molecule has 0 fully saturated rings. The van der Waals surface area contributed by atoms with Gasteiger partial charge in [-0.3, -0.25) is 9.47 Å². The highest BCUT2D eigenvalue weighted by Gasteiger charge is 2.18.